The molecule has 0 amide bonds. The predicted molar refractivity (Wildman–Crippen MR) is 44.5 cm³/mol. The number of rotatable bonds is 0. The van der Waals surface area contributed by atoms with Gasteiger partial charge in [-0.3, -0.25) is 4.79 Å². The van der Waals surface area contributed by atoms with Crippen molar-refractivity contribution in [2.75, 3.05) is 0 Å². The summed E-state index contributed by atoms with van der Waals surface area (Å²) in [6.07, 6.45) is 2.15. The average molecular weight is 219 g/mol. The molecule has 0 aromatic rings. The van der Waals surface area contributed by atoms with Gasteiger partial charge in [-0.15, -0.1) is 0 Å². The van der Waals surface area contributed by atoms with E-state index in [9.17, 15) is 4.79 Å². The average Bonchev–Trinajstić information content (AvgIpc) is 2.26. The van der Waals surface area contributed by atoms with Crippen LogP contribution >= 0.6 is 15.9 Å². The normalized spacial score (nSPS) is 49.1. The smallest absolute Gasteiger partial charge is 0.309 e. The molecule has 0 aromatic heterocycles. The summed E-state index contributed by atoms with van der Waals surface area (Å²) in [5.74, 6) is 0.698. The van der Waals surface area contributed by atoms with Gasteiger partial charge in [0.15, 0.2) is 0 Å². The Bertz CT molecular complexity index is 193. The van der Waals surface area contributed by atoms with E-state index in [-0.39, 0.29) is 18.0 Å². The van der Waals surface area contributed by atoms with Gasteiger partial charge < -0.3 is 4.74 Å². The Morgan fingerprint density at radius 2 is 2.27 bits per heavy atom. The van der Waals surface area contributed by atoms with E-state index in [4.69, 9.17) is 4.74 Å². The molecule has 0 unspecified atom stereocenters. The quantitative estimate of drug-likeness (QED) is 0.458. The van der Waals surface area contributed by atoms with Crippen molar-refractivity contribution in [2.24, 2.45) is 11.8 Å². The zero-order valence-corrected chi connectivity index (χ0v) is 8.00. The minimum atomic E-state index is 0.0180. The summed E-state index contributed by atoms with van der Waals surface area (Å²) < 4.78 is 5.18. The Kier molecular flexibility index (Phi) is 1.71. The molecule has 11 heavy (non-hydrogen) atoms. The molecule has 0 N–H and O–H groups in total. The third-order valence-corrected chi connectivity index (χ3v) is 3.71. The topological polar surface area (TPSA) is 26.3 Å². The van der Waals surface area contributed by atoms with Gasteiger partial charge in [0.2, 0.25) is 0 Å². The summed E-state index contributed by atoms with van der Waals surface area (Å²) in [4.78, 5) is 11.6. The highest BCUT2D eigenvalue weighted by atomic mass is 79.9. The van der Waals surface area contributed by atoms with Gasteiger partial charge in [-0.1, -0.05) is 22.9 Å². The van der Waals surface area contributed by atoms with Gasteiger partial charge in [0, 0.05) is 0 Å². The fraction of sp³-hybridized carbons (Fsp3) is 0.875. The van der Waals surface area contributed by atoms with E-state index in [1.807, 2.05) is 0 Å². The van der Waals surface area contributed by atoms with Crippen LogP contribution in [0, 0.1) is 11.8 Å². The standard InChI is InChI=1S/C8H11BrO2/c1-4-2-6(9)7-3-5(4)8(10)11-7/h4-7H,2-3H2,1H3/t4-,5-,6-,7+/m0/s1. The molecule has 4 atom stereocenters. The van der Waals surface area contributed by atoms with Gasteiger partial charge in [-0.25, -0.2) is 0 Å². The van der Waals surface area contributed by atoms with Gasteiger partial charge in [-0.2, -0.15) is 0 Å². The Labute approximate surface area is 74.4 Å². The van der Waals surface area contributed by atoms with Crippen LogP contribution in [0.4, 0.5) is 0 Å². The second-order valence-corrected chi connectivity index (χ2v) is 4.72. The maximum absolute atomic E-state index is 11.2. The minimum Gasteiger partial charge on any atom is -0.461 e. The van der Waals surface area contributed by atoms with Crippen molar-refractivity contribution < 1.29 is 9.53 Å². The van der Waals surface area contributed by atoms with Crippen molar-refractivity contribution in [3.63, 3.8) is 0 Å². The number of esters is 1. The SMILES string of the molecule is C[C@H]1C[C@H](Br)[C@H]2C[C@@H]1C(=O)O2. The second kappa shape index (κ2) is 2.47. The molecule has 1 saturated carbocycles. The van der Waals surface area contributed by atoms with E-state index in [2.05, 4.69) is 22.9 Å². The lowest BCUT2D eigenvalue weighted by Crippen LogP contribution is -2.28. The first-order valence-corrected chi connectivity index (χ1v) is 4.94. The van der Waals surface area contributed by atoms with E-state index in [1.54, 1.807) is 0 Å². The van der Waals surface area contributed by atoms with Crippen LogP contribution in [-0.4, -0.2) is 16.9 Å². The van der Waals surface area contributed by atoms with Gasteiger partial charge in [0.25, 0.3) is 0 Å². The largest absolute Gasteiger partial charge is 0.461 e. The molecule has 0 spiro atoms. The van der Waals surface area contributed by atoms with Gasteiger partial charge in [0.1, 0.15) is 6.10 Å². The van der Waals surface area contributed by atoms with Crippen LogP contribution in [0.15, 0.2) is 0 Å². The van der Waals surface area contributed by atoms with Crippen LogP contribution in [0.3, 0.4) is 0 Å². The monoisotopic (exact) mass is 218 g/mol. The zero-order chi connectivity index (χ0) is 8.01. The van der Waals surface area contributed by atoms with Crippen LogP contribution in [0.5, 0.6) is 0 Å². The number of carbonyl (C=O) groups excluding carboxylic acids is 1. The van der Waals surface area contributed by atoms with E-state index < -0.39 is 0 Å². The van der Waals surface area contributed by atoms with Crippen molar-refractivity contribution in [3.8, 4) is 0 Å². The van der Waals surface area contributed by atoms with Crippen LogP contribution < -0.4 is 0 Å². The van der Waals surface area contributed by atoms with Crippen LogP contribution in [0.25, 0.3) is 0 Å². The zero-order valence-electron chi connectivity index (χ0n) is 6.42. The molecule has 1 saturated heterocycles. The predicted octanol–water partition coefficient (Wildman–Crippen LogP) is 1.72. The molecule has 3 heteroatoms. The minimum absolute atomic E-state index is 0.0180. The Hall–Kier alpha value is -0.0500. The first-order valence-electron chi connectivity index (χ1n) is 4.03. The maximum Gasteiger partial charge on any atom is 0.309 e. The molecule has 1 aliphatic carbocycles. The first kappa shape index (κ1) is 7.59. The third kappa shape index (κ3) is 1.10. The number of halogens is 1. The lowest BCUT2D eigenvalue weighted by Gasteiger charge is -2.25. The maximum atomic E-state index is 11.2. The summed E-state index contributed by atoms with van der Waals surface area (Å²) in [6.45, 7) is 2.13. The lowest BCUT2D eigenvalue weighted by molar-refractivity contribution is -0.143. The van der Waals surface area contributed by atoms with Crippen LogP contribution in [0.2, 0.25) is 0 Å². The highest BCUT2D eigenvalue weighted by Gasteiger charge is 2.46. The van der Waals surface area contributed by atoms with E-state index >= 15 is 0 Å². The lowest BCUT2D eigenvalue weighted by atomic mass is 9.81. The summed E-state index contributed by atoms with van der Waals surface area (Å²) in [5, 5.41) is 0. The van der Waals surface area contributed by atoms with E-state index in [1.165, 1.54) is 0 Å². The number of hydrogen-bond acceptors (Lipinski definition) is 2. The van der Waals surface area contributed by atoms with Gasteiger partial charge in [0.05, 0.1) is 10.7 Å². The summed E-state index contributed by atoms with van der Waals surface area (Å²) in [6, 6.07) is 0. The number of hydrogen-bond donors (Lipinski definition) is 0. The second-order valence-electron chi connectivity index (χ2n) is 3.55. The fourth-order valence-electron chi connectivity index (χ4n) is 1.99. The summed E-state index contributed by atoms with van der Waals surface area (Å²) >= 11 is 3.53. The van der Waals surface area contributed by atoms with Gasteiger partial charge in [-0.05, 0) is 18.8 Å². The number of fused-ring (bicyclic) bond motifs is 2. The fourth-order valence-corrected chi connectivity index (χ4v) is 2.90. The van der Waals surface area contributed by atoms with Crippen molar-refractivity contribution in [1.29, 1.82) is 0 Å². The molecule has 0 aromatic carbocycles. The molecule has 1 heterocycles. The first-order chi connectivity index (χ1) is 5.18. The number of carbonyl (C=O) groups is 1. The molecule has 2 fully saturated rings. The number of alkyl halides is 1. The number of ether oxygens (including phenoxy) is 1. The third-order valence-electron chi connectivity index (χ3n) is 2.74. The van der Waals surface area contributed by atoms with Crippen molar-refractivity contribution in [3.05, 3.63) is 0 Å². The van der Waals surface area contributed by atoms with E-state index in [0.29, 0.717) is 10.7 Å². The molecule has 62 valence electrons. The van der Waals surface area contributed by atoms with Crippen molar-refractivity contribution in [1.82, 2.24) is 0 Å². The van der Waals surface area contributed by atoms with Crippen LogP contribution in [-0.2, 0) is 9.53 Å². The molecule has 2 nitrogen and oxygen atoms in total. The van der Waals surface area contributed by atoms with Crippen LogP contribution in [0.1, 0.15) is 19.8 Å². The van der Waals surface area contributed by atoms with E-state index in [0.717, 1.165) is 12.8 Å². The highest BCUT2D eigenvalue weighted by molar-refractivity contribution is 9.09. The molecule has 1 aliphatic heterocycles. The summed E-state index contributed by atoms with van der Waals surface area (Å²) in [7, 11) is 0. The van der Waals surface area contributed by atoms with Crippen molar-refractivity contribution in [2.45, 2.75) is 30.7 Å². The van der Waals surface area contributed by atoms with Crippen molar-refractivity contribution >= 4 is 21.9 Å². The highest BCUT2D eigenvalue weighted by Crippen LogP contribution is 2.41. The Balaban J connectivity index is 2.20. The molecule has 2 bridgehead atoms. The van der Waals surface area contributed by atoms with Gasteiger partial charge >= 0.3 is 5.97 Å². The Morgan fingerprint density at radius 1 is 1.55 bits per heavy atom. The molecule has 0 radical (unpaired) electrons. The Morgan fingerprint density at radius 3 is 3.00 bits per heavy atom. The summed E-state index contributed by atoms with van der Waals surface area (Å²) in [5.41, 5.74) is 0. The molecule has 2 rings (SSSR count). The molecule has 2 aliphatic rings. The molecular weight excluding hydrogens is 208 g/mol. The molecular formula is C8H11BrO2.